The normalized spacial score (nSPS) is 11.1. The first kappa shape index (κ1) is 13.3. The van der Waals surface area contributed by atoms with Gasteiger partial charge >= 0.3 is 0 Å². The minimum Gasteiger partial charge on any atom is -0.322 e. The second kappa shape index (κ2) is 5.36. The number of hydrogen-bond donors (Lipinski definition) is 0. The SMILES string of the molecule is Cn1c(Cl)cnc1Cc1nc(-c2sccc2Br)cs1. The summed E-state index contributed by atoms with van der Waals surface area (Å²) in [5.41, 5.74) is 1.02. The van der Waals surface area contributed by atoms with E-state index in [0.717, 1.165) is 21.0 Å². The zero-order chi connectivity index (χ0) is 13.4. The minimum atomic E-state index is 0.646. The summed E-state index contributed by atoms with van der Waals surface area (Å²) in [5.74, 6) is 0.927. The lowest BCUT2D eigenvalue weighted by atomic mass is 10.4. The molecule has 3 rings (SSSR count). The average Bonchev–Trinajstić information content (AvgIpc) is 3.07. The van der Waals surface area contributed by atoms with Gasteiger partial charge in [0.25, 0.3) is 0 Å². The molecule has 3 aromatic rings. The van der Waals surface area contributed by atoms with E-state index in [2.05, 4.69) is 36.7 Å². The molecule has 0 N–H and O–H groups in total. The van der Waals surface area contributed by atoms with Crippen LogP contribution in [-0.4, -0.2) is 14.5 Å². The first-order valence-corrected chi connectivity index (χ1v) is 8.42. The smallest absolute Gasteiger partial charge is 0.128 e. The van der Waals surface area contributed by atoms with Crippen LogP contribution in [0.1, 0.15) is 10.8 Å². The van der Waals surface area contributed by atoms with Gasteiger partial charge in [0.2, 0.25) is 0 Å². The lowest BCUT2D eigenvalue weighted by molar-refractivity contribution is 0.820. The number of thiophene rings is 1. The molecule has 0 aromatic carbocycles. The van der Waals surface area contributed by atoms with Gasteiger partial charge in [-0.05, 0) is 27.4 Å². The third-order valence-corrected chi connectivity index (χ3v) is 5.80. The number of aromatic nitrogens is 3. The first-order valence-electron chi connectivity index (χ1n) is 5.49. The Labute approximate surface area is 132 Å². The molecule has 0 saturated carbocycles. The van der Waals surface area contributed by atoms with Crippen molar-refractivity contribution in [3.8, 4) is 10.6 Å². The molecular formula is C12H9BrClN3S2. The zero-order valence-corrected chi connectivity index (χ0v) is 13.9. The molecule has 0 saturated heterocycles. The first-order chi connectivity index (χ1) is 9.15. The van der Waals surface area contributed by atoms with Crippen molar-refractivity contribution in [3.05, 3.63) is 43.5 Å². The summed E-state index contributed by atoms with van der Waals surface area (Å²) >= 11 is 12.8. The van der Waals surface area contributed by atoms with E-state index in [1.54, 1.807) is 28.9 Å². The summed E-state index contributed by atoms with van der Waals surface area (Å²) in [6.45, 7) is 0. The summed E-state index contributed by atoms with van der Waals surface area (Å²) in [6.07, 6.45) is 2.37. The Hall–Kier alpha value is -0.690. The maximum absolute atomic E-state index is 5.98. The predicted octanol–water partition coefficient (Wildman–Crippen LogP) is 4.61. The largest absolute Gasteiger partial charge is 0.322 e. The highest BCUT2D eigenvalue weighted by Crippen LogP contribution is 2.34. The lowest BCUT2D eigenvalue weighted by Crippen LogP contribution is -1.99. The maximum Gasteiger partial charge on any atom is 0.128 e. The van der Waals surface area contributed by atoms with Crippen LogP contribution in [0.3, 0.4) is 0 Å². The molecule has 7 heteroatoms. The van der Waals surface area contributed by atoms with E-state index in [9.17, 15) is 0 Å². The van der Waals surface area contributed by atoms with Gasteiger partial charge in [-0.1, -0.05) is 11.6 Å². The molecule has 0 unspecified atom stereocenters. The number of imidazole rings is 1. The molecule has 0 atom stereocenters. The number of thiazole rings is 1. The average molecular weight is 375 g/mol. The molecule has 0 aliphatic rings. The number of nitrogens with zero attached hydrogens (tertiary/aromatic N) is 3. The predicted molar refractivity (Wildman–Crippen MR) is 84.2 cm³/mol. The number of rotatable bonds is 3. The molecular weight excluding hydrogens is 366 g/mol. The van der Waals surface area contributed by atoms with Gasteiger partial charge in [0, 0.05) is 16.9 Å². The second-order valence-electron chi connectivity index (χ2n) is 3.96. The molecule has 3 aromatic heterocycles. The molecule has 0 fully saturated rings. The van der Waals surface area contributed by atoms with Crippen LogP contribution in [0.25, 0.3) is 10.6 Å². The Morgan fingerprint density at radius 2 is 2.26 bits per heavy atom. The van der Waals surface area contributed by atoms with Crippen molar-refractivity contribution in [3.63, 3.8) is 0 Å². The summed E-state index contributed by atoms with van der Waals surface area (Å²) in [5, 5.41) is 5.82. The van der Waals surface area contributed by atoms with E-state index in [-0.39, 0.29) is 0 Å². The van der Waals surface area contributed by atoms with Gasteiger partial charge in [0.15, 0.2) is 0 Å². The monoisotopic (exact) mass is 373 g/mol. The zero-order valence-electron chi connectivity index (χ0n) is 9.93. The Morgan fingerprint density at radius 1 is 1.42 bits per heavy atom. The summed E-state index contributed by atoms with van der Waals surface area (Å²) in [6, 6.07) is 2.04. The Kier molecular flexibility index (Phi) is 3.75. The number of halogens is 2. The van der Waals surface area contributed by atoms with Crippen LogP contribution in [0.4, 0.5) is 0 Å². The van der Waals surface area contributed by atoms with Crippen LogP contribution in [0.2, 0.25) is 5.15 Å². The van der Waals surface area contributed by atoms with Crippen LogP contribution >= 0.6 is 50.2 Å². The van der Waals surface area contributed by atoms with Crippen molar-refractivity contribution in [1.82, 2.24) is 14.5 Å². The van der Waals surface area contributed by atoms with Crippen molar-refractivity contribution in [2.75, 3.05) is 0 Å². The Bertz CT molecular complexity index is 716. The van der Waals surface area contributed by atoms with Crippen LogP contribution in [0.5, 0.6) is 0 Å². The molecule has 98 valence electrons. The molecule has 3 nitrogen and oxygen atoms in total. The minimum absolute atomic E-state index is 0.646. The fourth-order valence-electron chi connectivity index (χ4n) is 1.70. The van der Waals surface area contributed by atoms with Crippen LogP contribution in [0.15, 0.2) is 27.5 Å². The molecule has 0 bridgehead atoms. The van der Waals surface area contributed by atoms with Gasteiger partial charge in [-0.3, -0.25) is 0 Å². The summed E-state index contributed by atoms with van der Waals surface area (Å²) in [7, 11) is 1.91. The van der Waals surface area contributed by atoms with Crippen molar-refractivity contribution in [2.24, 2.45) is 7.05 Å². The van der Waals surface area contributed by atoms with Gasteiger partial charge < -0.3 is 4.57 Å². The molecule has 0 amide bonds. The van der Waals surface area contributed by atoms with E-state index < -0.39 is 0 Å². The van der Waals surface area contributed by atoms with Crippen molar-refractivity contribution in [1.29, 1.82) is 0 Å². The lowest BCUT2D eigenvalue weighted by Gasteiger charge is -1.99. The molecule has 0 aliphatic heterocycles. The van der Waals surface area contributed by atoms with Gasteiger partial charge in [-0.15, -0.1) is 22.7 Å². The fourth-order valence-corrected chi connectivity index (χ4v) is 4.24. The molecule has 0 radical (unpaired) electrons. The van der Waals surface area contributed by atoms with Gasteiger partial charge in [-0.2, -0.15) is 0 Å². The van der Waals surface area contributed by atoms with E-state index >= 15 is 0 Å². The quantitative estimate of drug-likeness (QED) is 0.670. The third kappa shape index (κ3) is 2.63. The van der Waals surface area contributed by atoms with Crippen molar-refractivity contribution in [2.45, 2.75) is 6.42 Å². The summed E-state index contributed by atoms with van der Waals surface area (Å²) < 4.78 is 2.97. The molecule has 0 spiro atoms. The van der Waals surface area contributed by atoms with E-state index in [0.29, 0.717) is 11.6 Å². The van der Waals surface area contributed by atoms with Crippen LogP contribution in [-0.2, 0) is 13.5 Å². The third-order valence-electron chi connectivity index (χ3n) is 2.74. The van der Waals surface area contributed by atoms with Crippen LogP contribution < -0.4 is 0 Å². The van der Waals surface area contributed by atoms with Gasteiger partial charge in [0.05, 0.1) is 23.2 Å². The molecule has 0 aliphatic carbocycles. The highest BCUT2D eigenvalue weighted by atomic mass is 79.9. The Morgan fingerprint density at radius 3 is 2.89 bits per heavy atom. The van der Waals surface area contributed by atoms with E-state index in [4.69, 9.17) is 11.6 Å². The molecule has 19 heavy (non-hydrogen) atoms. The van der Waals surface area contributed by atoms with Crippen LogP contribution in [0, 0.1) is 0 Å². The van der Waals surface area contributed by atoms with Crippen molar-refractivity contribution >= 4 is 50.2 Å². The highest BCUT2D eigenvalue weighted by Gasteiger charge is 2.12. The topological polar surface area (TPSA) is 30.7 Å². The van der Waals surface area contributed by atoms with Crippen molar-refractivity contribution < 1.29 is 0 Å². The fraction of sp³-hybridized carbons (Fsp3) is 0.167. The Balaban J connectivity index is 1.86. The second-order valence-corrected chi connectivity index (χ2v) is 7.06. The maximum atomic E-state index is 5.98. The highest BCUT2D eigenvalue weighted by molar-refractivity contribution is 9.10. The standard InChI is InChI=1S/C12H9BrClN3S2/c1-17-9(14)5-15-10(17)4-11-16-8(6-19-11)12-7(13)2-3-18-12/h2-3,5-6H,4H2,1H3. The molecule has 3 heterocycles. The summed E-state index contributed by atoms with van der Waals surface area (Å²) in [4.78, 5) is 10.1. The van der Waals surface area contributed by atoms with Gasteiger partial charge in [0.1, 0.15) is 16.0 Å². The van der Waals surface area contributed by atoms with E-state index in [1.807, 2.05) is 17.7 Å². The number of hydrogen-bond acceptors (Lipinski definition) is 4. The van der Waals surface area contributed by atoms with Gasteiger partial charge in [-0.25, -0.2) is 9.97 Å². The van der Waals surface area contributed by atoms with E-state index in [1.165, 1.54) is 4.88 Å².